The second-order valence-corrected chi connectivity index (χ2v) is 4.80. The summed E-state index contributed by atoms with van der Waals surface area (Å²) >= 11 is 1.55. The highest BCUT2D eigenvalue weighted by molar-refractivity contribution is 7.99. The van der Waals surface area contributed by atoms with Crippen LogP contribution in [0, 0.1) is 0 Å². The lowest BCUT2D eigenvalue weighted by Gasteiger charge is -2.07. The van der Waals surface area contributed by atoms with Crippen LogP contribution in [0.3, 0.4) is 0 Å². The first kappa shape index (κ1) is 12.7. The van der Waals surface area contributed by atoms with Gasteiger partial charge in [-0.3, -0.25) is 4.57 Å². The lowest BCUT2D eigenvalue weighted by molar-refractivity contribution is -0.305. The summed E-state index contributed by atoms with van der Waals surface area (Å²) in [6.07, 6.45) is 4.33. The van der Waals surface area contributed by atoms with Gasteiger partial charge in [-0.15, -0.1) is 0 Å². The predicted molar refractivity (Wildman–Crippen MR) is 68.5 cm³/mol. The third-order valence-corrected chi connectivity index (χ3v) is 3.45. The minimum atomic E-state index is -0.998. The number of carboxylic acid groups (broad SMARTS) is 1. The van der Waals surface area contributed by atoms with E-state index in [9.17, 15) is 9.90 Å². The van der Waals surface area contributed by atoms with Crippen molar-refractivity contribution in [2.24, 2.45) is 0 Å². The van der Waals surface area contributed by atoms with Gasteiger partial charge in [-0.2, -0.15) is 0 Å². The van der Waals surface area contributed by atoms with Crippen molar-refractivity contribution in [2.75, 3.05) is 5.75 Å². The molecule has 0 N–H and O–H groups in total. The van der Waals surface area contributed by atoms with E-state index in [0.717, 1.165) is 16.6 Å². The number of aliphatic carboxylic acids is 1. The molecule has 0 spiro atoms. The summed E-state index contributed by atoms with van der Waals surface area (Å²) in [7, 11) is 0. The summed E-state index contributed by atoms with van der Waals surface area (Å²) < 4.78 is 1.99. The van der Waals surface area contributed by atoms with Gasteiger partial charge in [0, 0.05) is 29.8 Å². The molecule has 1 aromatic heterocycles. The van der Waals surface area contributed by atoms with Crippen molar-refractivity contribution in [1.82, 2.24) is 9.55 Å². The molecule has 5 heteroatoms. The average Bonchev–Trinajstić information content (AvgIpc) is 2.84. The molecule has 0 atom stereocenters. The van der Waals surface area contributed by atoms with Crippen LogP contribution in [0.1, 0.15) is 12.8 Å². The van der Waals surface area contributed by atoms with Crippen LogP contribution in [0.5, 0.6) is 0 Å². The molecule has 2 aromatic rings. The van der Waals surface area contributed by atoms with Gasteiger partial charge < -0.3 is 9.90 Å². The van der Waals surface area contributed by atoms with Gasteiger partial charge in [0.2, 0.25) is 0 Å². The van der Waals surface area contributed by atoms with Gasteiger partial charge in [0.1, 0.15) is 0 Å². The summed E-state index contributed by atoms with van der Waals surface area (Å²) in [5.41, 5.74) is 1.05. The highest BCUT2D eigenvalue weighted by atomic mass is 32.2. The Labute approximate surface area is 110 Å². The molecular weight excluding hydrogens is 248 g/mol. The number of benzene rings is 1. The summed E-state index contributed by atoms with van der Waals surface area (Å²) in [5, 5.41) is 11.2. The van der Waals surface area contributed by atoms with E-state index in [4.69, 9.17) is 0 Å². The van der Waals surface area contributed by atoms with E-state index in [1.54, 1.807) is 18.0 Å². The van der Waals surface area contributed by atoms with Crippen molar-refractivity contribution < 1.29 is 9.90 Å². The van der Waals surface area contributed by atoms with Gasteiger partial charge in [0.05, 0.1) is 0 Å². The Balaban J connectivity index is 1.98. The quantitative estimate of drug-likeness (QED) is 0.584. The maximum absolute atomic E-state index is 10.3. The topological polar surface area (TPSA) is 57.9 Å². The maximum atomic E-state index is 10.3. The normalized spacial score (nSPS) is 10.4. The highest BCUT2D eigenvalue weighted by Gasteiger charge is 2.04. The summed E-state index contributed by atoms with van der Waals surface area (Å²) in [6, 6.07) is 9.92. The second-order valence-electron chi connectivity index (χ2n) is 3.74. The fourth-order valence-electron chi connectivity index (χ4n) is 1.56. The Morgan fingerprint density at radius 1 is 1.33 bits per heavy atom. The number of imidazole rings is 1. The third kappa shape index (κ3) is 3.37. The minimum absolute atomic E-state index is 0.0963. The highest BCUT2D eigenvalue weighted by Crippen LogP contribution is 2.21. The smallest absolute Gasteiger partial charge is 0.172 e. The Bertz CT molecular complexity index is 511. The molecule has 0 radical (unpaired) electrons. The van der Waals surface area contributed by atoms with Crippen LogP contribution < -0.4 is 5.11 Å². The van der Waals surface area contributed by atoms with E-state index in [-0.39, 0.29) is 6.42 Å². The van der Waals surface area contributed by atoms with Gasteiger partial charge in [-0.1, -0.05) is 30.0 Å². The Kier molecular flexibility index (Phi) is 4.41. The molecule has 0 bridgehead atoms. The Morgan fingerprint density at radius 3 is 2.83 bits per heavy atom. The molecule has 0 fully saturated rings. The Hall–Kier alpha value is -1.75. The minimum Gasteiger partial charge on any atom is -0.550 e. The van der Waals surface area contributed by atoms with Crippen molar-refractivity contribution in [3.63, 3.8) is 0 Å². The fraction of sp³-hybridized carbons (Fsp3) is 0.231. The van der Waals surface area contributed by atoms with Crippen LogP contribution in [0.4, 0.5) is 0 Å². The molecule has 18 heavy (non-hydrogen) atoms. The molecule has 1 heterocycles. The molecule has 0 aliphatic carbocycles. The van der Waals surface area contributed by atoms with Gasteiger partial charge in [-0.25, -0.2) is 4.98 Å². The summed E-state index contributed by atoms with van der Waals surface area (Å²) in [5.74, 6) is -0.278. The van der Waals surface area contributed by atoms with Crippen LogP contribution in [0.15, 0.2) is 47.9 Å². The first-order chi connectivity index (χ1) is 8.77. The number of hydrogen-bond acceptors (Lipinski definition) is 4. The molecule has 0 aliphatic rings. The molecule has 0 aliphatic heterocycles. The molecule has 0 saturated carbocycles. The first-order valence-electron chi connectivity index (χ1n) is 5.69. The van der Waals surface area contributed by atoms with Crippen molar-refractivity contribution in [3.8, 4) is 5.69 Å². The molecule has 4 nitrogen and oxygen atoms in total. The SMILES string of the molecule is O=C([O-])CCCSc1nccn1-c1ccccc1. The van der Waals surface area contributed by atoms with Crippen LogP contribution in [-0.2, 0) is 4.79 Å². The standard InChI is InChI=1S/C13H14N2O2S/c16-12(17)7-4-10-18-13-14-8-9-15(13)11-5-2-1-3-6-11/h1-3,5-6,8-9H,4,7,10H2,(H,16,17)/p-1. The van der Waals surface area contributed by atoms with Gasteiger partial charge in [0.25, 0.3) is 0 Å². The lowest BCUT2D eigenvalue weighted by Crippen LogP contribution is -2.21. The number of thioether (sulfide) groups is 1. The molecule has 0 unspecified atom stereocenters. The monoisotopic (exact) mass is 261 g/mol. The van der Waals surface area contributed by atoms with E-state index < -0.39 is 5.97 Å². The number of para-hydroxylation sites is 1. The molecular formula is C13H13N2O2S-. The third-order valence-electron chi connectivity index (χ3n) is 2.40. The second kappa shape index (κ2) is 6.26. The van der Waals surface area contributed by atoms with Gasteiger partial charge >= 0.3 is 0 Å². The average molecular weight is 261 g/mol. The number of carbonyl (C=O) groups excluding carboxylic acids is 1. The molecule has 1 aromatic carbocycles. The van der Waals surface area contributed by atoms with E-state index >= 15 is 0 Å². The number of carbonyl (C=O) groups is 1. The number of nitrogens with zero attached hydrogens (tertiary/aromatic N) is 2. The largest absolute Gasteiger partial charge is 0.550 e. The van der Waals surface area contributed by atoms with Crippen molar-refractivity contribution in [2.45, 2.75) is 18.0 Å². The zero-order valence-corrected chi connectivity index (χ0v) is 10.6. The molecule has 0 amide bonds. The molecule has 2 rings (SSSR count). The van der Waals surface area contributed by atoms with E-state index in [1.165, 1.54) is 0 Å². The van der Waals surface area contributed by atoms with E-state index in [2.05, 4.69) is 4.98 Å². The zero-order valence-electron chi connectivity index (χ0n) is 9.78. The molecule has 94 valence electrons. The number of carboxylic acids is 1. The van der Waals surface area contributed by atoms with Crippen molar-refractivity contribution >= 4 is 17.7 Å². The summed E-state index contributed by atoms with van der Waals surface area (Å²) in [4.78, 5) is 14.6. The lowest BCUT2D eigenvalue weighted by atomic mass is 10.3. The van der Waals surface area contributed by atoms with Crippen LogP contribution >= 0.6 is 11.8 Å². The van der Waals surface area contributed by atoms with Gasteiger partial charge in [-0.05, 0) is 25.0 Å². The number of hydrogen-bond donors (Lipinski definition) is 0. The maximum Gasteiger partial charge on any atom is 0.172 e. The van der Waals surface area contributed by atoms with E-state index in [1.807, 2.05) is 41.1 Å². The van der Waals surface area contributed by atoms with Crippen molar-refractivity contribution in [3.05, 3.63) is 42.7 Å². The molecule has 0 saturated heterocycles. The first-order valence-corrected chi connectivity index (χ1v) is 6.67. The zero-order chi connectivity index (χ0) is 12.8. The van der Waals surface area contributed by atoms with Gasteiger partial charge in [0.15, 0.2) is 5.16 Å². The van der Waals surface area contributed by atoms with Crippen LogP contribution in [0.2, 0.25) is 0 Å². The summed E-state index contributed by atoms with van der Waals surface area (Å²) in [6.45, 7) is 0. The number of rotatable bonds is 6. The number of aromatic nitrogens is 2. The fourth-order valence-corrected chi connectivity index (χ4v) is 2.47. The van der Waals surface area contributed by atoms with Crippen molar-refractivity contribution in [1.29, 1.82) is 0 Å². The predicted octanol–water partition coefficient (Wildman–Crippen LogP) is 1.49. The van der Waals surface area contributed by atoms with Crippen LogP contribution in [0.25, 0.3) is 5.69 Å². The van der Waals surface area contributed by atoms with Crippen LogP contribution in [-0.4, -0.2) is 21.3 Å². The van der Waals surface area contributed by atoms with E-state index in [0.29, 0.717) is 6.42 Å². The Morgan fingerprint density at radius 2 is 2.11 bits per heavy atom.